The van der Waals surface area contributed by atoms with Gasteiger partial charge >= 0.3 is 0 Å². The summed E-state index contributed by atoms with van der Waals surface area (Å²) in [4.78, 5) is 2.33. The molecule has 0 aromatic rings. The zero-order valence-corrected chi connectivity index (χ0v) is 7.30. The van der Waals surface area contributed by atoms with E-state index in [-0.39, 0.29) is 0 Å². The third kappa shape index (κ3) is 0.971. The molecule has 2 nitrogen and oxygen atoms in total. The summed E-state index contributed by atoms with van der Waals surface area (Å²) in [5.41, 5.74) is 3.01. The minimum atomic E-state index is 1.07. The fraction of sp³-hybridized carbons (Fsp3) is 0.667. The molecule has 2 rings (SSSR count). The van der Waals surface area contributed by atoms with E-state index in [1.807, 2.05) is 0 Å². The Kier molecular flexibility index (Phi) is 1.48. The first-order valence-corrected chi connectivity index (χ1v) is 4.27. The number of allylic oxidation sites excluding steroid dienone is 2. The average Bonchev–Trinajstić information content (AvgIpc) is 2.30. The van der Waals surface area contributed by atoms with E-state index < -0.39 is 0 Å². The highest BCUT2D eigenvalue weighted by Gasteiger charge is 2.29. The Balaban J connectivity index is 2.38. The van der Waals surface area contributed by atoms with E-state index in [0.717, 1.165) is 6.67 Å². The fourth-order valence-electron chi connectivity index (χ4n) is 2.00. The smallest absolute Gasteiger partial charge is 0.218 e. The largest absolute Gasteiger partial charge is 0.315 e. The normalized spacial score (nSPS) is 23.8. The summed E-state index contributed by atoms with van der Waals surface area (Å²) >= 11 is 0. The van der Waals surface area contributed by atoms with Crippen molar-refractivity contribution in [1.82, 2.24) is 4.90 Å². The van der Waals surface area contributed by atoms with Crippen molar-refractivity contribution < 1.29 is 4.58 Å². The second-order valence-electron chi connectivity index (χ2n) is 3.47. The molecule has 0 aromatic heterocycles. The lowest BCUT2D eigenvalue weighted by atomic mass is 10.0. The van der Waals surface area contributed by atoms with Gasteiger partial charge in [-0.3, -0.25) is 0 Å². The Bertz CT molecular complexity index is 238. The number of nitrogens with zero attached hydrogens (tertiary/aromatic N) is 2. The van der Waals surface area contributed by atoms with Gasteiger partial charge in [0, 0.05) is 13.5 Å². The number of rotatable bonds is 0. The summed E-state index contributed by atoms with van der Waals surface area (Å²) in [6.45, 7) is 1.07. The van der Waals surface area contributed by atoms with Gasteiger partial charge in [0.05, 0.1) is 0 Å². The van der Waals surface area contributed by atoms with Crippen LogP contribution < -0.4 is 0 Å². The highest BCUT2D eigenvalue weighted by Crippen LogP contribution is 2.21. The molecule has 2 heteroatoms. The average molecular weight is 151 g/mol. The molecule has 0 saturated carbocycles. The molecule has 60 valence electrons. The predicted molar refractivity (Wildman–Crippen MR) is 45.8 cm³/mol. The maximum Gasteiger partial charge on any atom is 0.218 e. The van der Waals surface area contributed by atoms with Crippen molar-refractivity contribution in [2.45, 2.75) is 19.3 Å². The molecule has 0 amide bonds. The minimum absolute atomic E-state index is 1.07. The first kappa shape index (κ1) is 6.89. The summed E-state index contributed by atoms with van der Waals surface area (Å²) in [7, 11) is 4.35. The minimum Gasteiger partial charge on any atom is -0.315 e. The molecule has 0 aromatic carbocycles. The quantitative estimate of drug-likeness (QED) is 0.469. The highest BCUT2D eigenvalue weighted by atomic mass is 15.3. The number of hydrogen-bond donors (Lipinski definition) is 0. The summed E-state index contributed by atoms with van der Waals surface area (Å²) in [5.74, 6) is 0. The molecule has 0 saturated heterocycles. The van der Waals surface area contributed by atoms with Gasteiger partial charge in [-0.15, -0.1) is 0 Å². The number of hydrogen-bond acceptors (Lipinski definition) is 1. The Hall–Kier alpha value is -0.790. The van der Waals surface area contributed by atoms with Crippen LogP contribution in [0.2, 0.25) is 0 Å². The summed E-state index contributed by atoms with van der Waals surface area (Å²) in [5, 5.41) is 0. The van der Waals surface area contributed by atoms with Gasteiger partial charge in [-0.1, -0.05) is 6.08 Å². The Labute approximate surface area is 67.8 Å². The lowest BCUT2D eigenvalue weighted by Gasteiger charge is -2.11. The van der Waals surface area contributed by atoms with Gasteiger partial charge in [0.15, 0.2) is 0 Å². The summed E-state index contributed by atoms with van der Waals surface area (Å²) in [6.07, 6.45) is 6.23. The lowest BCUT2D eigenvalue weighted by molar-refractivity contribution is -0.505. The predicted octanol–water partition coefficient (Wildman–Crippen LogP) is 1.04. The zero-order chi connectivity index (χ0) is 7.84. The van der Waals surface area contributed by atoms with Crippen molar-refractivity contribution in [3.63, 3.8) is 0 Å². The van der Waals surface area contributed by atoms with Crippen molar-refractivity contribution >= 4 is 5.71 Å². The van der Waals surface area contributed by atoms with Crippen molar-refractivity contribution in [1.29, 1.82) is 0 Å². The Morgan fingerprint density at radius 3 is 3.09 bits per heavy atom. The molecule has 11 heavy (non-hydrogen) atoms. The van der Waals surface area contributed by atoms with Gasteiger partial charge in [0.25, 0.3) is 0 Å². The van der Waals surface area contributed by atoms with Crippen LogP contribution in [0.1, 0.15) is 19.3 Å². The second kappa shape index (κ2) is 2.36. The Morgan fingerprint density at radius 1 is 1.55 bits per heavy atom. The van der Waals surface area contributed by atoms with E-state index in [1.165, 1.54) is 25.0 Å². The summed E-state index contributed by atoms with van der Waals surface area (Å²) in [6, 6.07) is 0. The van der Waals surface area contributed by atoms with Crippen LogP contribution in [-0.2, 0) is 0 Å². The third-order valence-corrected chi connectivity index (χ3v) is 2.55. The summed E-state index contributed by atoms with van der Waals surface area (Å²) < 4.78 is 2.35. The van der Waals surface area contributed by atoms with E-state index in [2.05, 4.69) is 29.6 Å². The molecule has 1 aliphatic heterocycles. The van der Waals surface area contributed by atoms with Crippen molar-refractivity contribution in [3.8, 4) is 0 Å². The highest BCUT2D eigenvalue weighted by molar-refractivity contribution is 5.97. The van der Waals surface area contributed by atoms with Crippen molar-refractivity contribution in [2.24, 2.45) is 0 Å². The zero-order valence-electron chi connectivity index (χ0n) is 7.30. The van der Waals surface area contributed by atoms with E-state index in [4.69, 9.17) is 0 Å². The van der Waals surface area contributed by atoms with E-state index in [0.29, 0.717) is 0 Å². The van der Waals surface area contributed by atoms with Crippen LogP contribution in [0.25, 0.3) is 0 Å². The SMILES string of the molecule is CN1C[N+](C)=C2CCCC=C21. The molecule has 0 N–H and O–H groups in total. The Morgan fingerprint density at radius 2 is 2.36 bits per heavy atom. The monoisotopic (exact) mass is 151 g/mol. The van der Waals surface area contributed by atoms with Gasteiger partial charge in [0.2, 0.25) is 12.4 Å². The second-order valence-corrected chi connectivity index (χ2v) is 3.47. The molecule has 0 bridgehead atoms. The van der Waals surface area contributed by atoms with Crippen LogP contribution in [0.15, 0.2) is 11.8 Å². The maximum atomic E-state index is 2.36. The van der Waals surface area contributed by atoms with Crippen LogP contribution in [0.3, 0.4) is 0 Å². The first-order chi connectivity index (χ1) is 5.29. The van der Waals surface area contributed by atoms with Crippen molar-refractivity contribution in [2.75, 3.05) is 20.8 Å². The molecular weight excluding hydrogens is 136 g/mol. The van der Waals surface area contributed by atoms with Gasteiger partial charge in [-0.05, 0) is 12.8 Å². The molecule has 1 aliphatic carbocycles. The van der Waals surface area contributed by atoms with E-state index in [9.17, 15) is 0 Å². The van der Waals surface area contributed by atoms with Crippen LogP contribution in [0.5, 0.6) is 0 Å². The van der Waals surface area contributed by atoms with Crippen LogP contribution >= 0.6 is 0 Å². The fourth-order valence-corrected chi connectivity index (χ4v) is 2.00. The molecule has 0 radical (unpaired) electrons. The molecule has 0 fully saturated rings. The van der Waals surface area contributed by atoms with Gasteiger partial charge in [-0.25, -0.2) is 4.58 Å². The standard InChI is InChI=1S/C9H15N2/c1-10-7-11(2)9-6-4-3-5-8(9)10/h5H,3-4,6-7H2,1-2H3/q+1. The van der Waals surface area contributed by atoms with Crippen LogP contribution in [0.4, 0.5) is 0 Å². The van der Waals surface area contributed by atoms with Crippen LogP contribution in [0, 0.1) is 0 Å². The molecule has 0 atom stereocenters. The third-order valence-electron chi connectivity index (χ3n) is 2.55. The lowest BCUT2D eigenvalue weighted by Crippen LogP contribution is -2.17. The van der Waals surface area contributed by atoms with Gasteiger partial charge in [-0.2, -0.15) is 0 Å². The van der Waals surface area contributed by atoms with Gasteiger partial charge < -0.3 is 4.90 Å². The van der Waals surface area contributed by atoms with E-state index in [1.54, 1.807) is 5.71 Å². The maximum absolute atomic E-state index is 2.36. The van der Waals surface area contributed by atoms with Crippen molar-refractivity contribution in [3.05, 3.63) is 11.8 Å². The molecule has 0 spiro atoms. The molecular formula is C9H15N2+. The molecule has 2 aliphatic rings. The first-order valence-electron chi connectivity index (χ1n) is 4.27. The molecule has 1 heterocycles. The van der Waals surface area contributed by atoms with Crippen LogP contribution in [-0.4, -0.2) is 36.0 Å². The van der Waals surface area contributed by atoms with E-state index >= 15 is 0 Å². The number of fused-ring (bicyclic) bond motifs is 1. The molecule has 0 unspecified atom stereocenters. The van der Waals surface area contributed by atoms with Gasteiger partial charge in [0.1, 0.15) is 12.7 Å². The topological polar surface area (TPSA) is 6.25 Å².